The molecule has 0 spiro atoms. The zero-order valence-corrected chi connectivity index (χ0v) is 12.0. The molecule has 0 atom stereocenters. The molecule has 6 heteroatoms. The van der Waals surface area contributed by atoms with Gasteiger partial charge in [0.15, 0.2) is 11.4 Å². The second-order valence-corrected chi connectivity index (χ2v) is 5.08. The molecule has 2 aromatic rings. The predicted molar refractivity (Wildman–Crippen MR) is 77.3 cm³/mol. The van der Waals surface area contributed by atoms with Gasteiger partial charge in [-0.25, -0.2) is 9.97 Å². The first-order valence-electron chi connectivity index (χ1n) is 6.69. The monoisotopic (exact) mass is 280 g/mol. The SMILES string of the molecule is CC(C)CNCc1ccc(-n2cnc(C#N)c2C#N)nc1. The summed E-state index contributed by atoms with van der Waals surface area (Å²) in [4.78, 5) is 8.23. The van der Waals surface area contributed by atoms with E-state index in [0.29, 0.717) is 11.7 Å². The Morgan fingerprint density at radius 3 is 2.62 bits per heavy atom. The molecule has 0 bridgehead atoms. The smallest absolute Gasteiger partial charge is 0.177 e. The zero-order chi connectivity index (χ0) is 15.2. The summed E-state index contributed by atoms with van der Waals surface area (Å²) in [6.07, 6.45) is 3.20. The van der Waals surface area contributed by atoms with Crippen LogP contribution in [0.5, 0.6) is 0 Å². The summed E-state index contributed by atoms with van der Waals surface area (Å²) in [5, 5.41) is 21.3. The maximum Gasteiger partial charge on any atom is 0.177 e. The van der Waals surface area contributed by atoms with Gasteiger partial charge in [0.1, 0.15) is 24.3 Å². The summed E-state index contributed by atoms with van der Waals surface area (Å²) in [7, 11) is 0. The summed E-state index contributed by atoms with van der Waals surface area (Å²) < 4.78 is 1.52. The lowest BCUT2D eigenvalue weighted by Crippen LogP contribution is -2.19. The van der Waals surface area contributed by atoms with Crippen LogP contribution in [0.4, 0.5) is 0 Å². The molecule has 0 aliphatic heterocycles. The minimum Gasteiger partial charge on any atom is -0.312 e. The summed E-state index contributed by atoms with van der Waals surface area (Å²) in [6.45, 7) is 6.02. The zero-order valence-electron chi connectivity index (χ0n) is 12.0. The van der Waals surface area contributed by atoms with Crippen molar-refractivity contribution in [2.45, 2.75) is 20.4 Å². The predicted octanol–water partition coefficient (Wildman–Crippen LogP) is 1.76. The molecule has 0 fully saturated rings. The van der Waals surface area contributed by atoms with Crippen LogP contribution in [0.3, 0.4) is 0 Å². The van der Waals surface area contributed by atoms with Crippen molar-refractivity contribution in [1.29, 1.82) is 10.5 Å². The molecule has 106 valence electrons. The number of hydrogen-bond acceptors (Lipinski definition) is 5. The van der Waals surface area contributed by atoms with Crippen molar-refractivity contribution in [3.05, 3.63) is 41.6 Å². The Morgan fingerprint density at radius 2 is 2.05 bits per heavy atom. The van der Waals surface area contributed by atoms with Gasteiger partial charge in [-0.2, -0.15) is 10.5 Å². The summed E-state index contributed by atoms with van der Waals surface area (Å²) in [5.41, 5.74) is 1.39. The van der Waals surface area contributed by atoms with Crippen molar-refractivity contribution in [2.24, 2.45) is 5.92 Å². The first-order chi connectivity index (χ1) is 10.2. The van der Waals surface area contributed by atoms with Gasteiger partial charge in [-0.15, -0.1) is 0 Å². The van der Waals surface area contributed by atoms with Crippen molar-refractivity contribution in [1.82, 2.24) is 19.9 Å². The normalized spacial score (nSPS) is 10.3. The molecule has 21 heavy (non-hydrogen) atoms. The molecule has 0 radical (unpaired) electrons. The molecule has 6 nitrogen and oxygen atoms in total. The Balaban J connectivity index is 2.15. The molecular formula is C15H16N6. The number of nitrogens with zero attached hydrogens (tertiary/aromatic N) is 5. The highest BCUT2D eigenvalue weighted by Crippen LogP contribution is 2.12. The molecule has 0 saturated carbocycles. The average molecular weight is 280 g/mol. The van der Waals surface area contributed by atoms with Crippen LogP contribution < -0.4 is 5.32 Å². The molecule has 2 aromatic heterocycles. The third kappa shape index (κ3) is 3.44. The van der Waals surface area contributed by atoms with E-state index in [-0.39, 0.29) is 11.4 Å². The fourth-order valence-electron chi connectivity index (χ4n) is 1.88. The van der Waals surface area contributed by atoms with Crippen molar-refractivity contribution in [2.75, 3.05) is 6.54 Å². The maximum absolute atomic E-state index is 9.10. The van der Waals surface area contributed by atoms with Gasteiger partial charge in [-0.05, 0) is 24.1 Å². The van der Waals surface area contributed by atoms with Crippen molar-refractivity contribution in [3.63, 3.8) is 0 Å². The van der Waals surface area contributed by atoms with Gasteiger partial charge in [0.2, 0.25) is 0 Å². The Labute approximate surface area is 123 Å². The second kappa shape index (κ2) is 6.65. The first kappa shape index (κ1) is 14.7. The van der Waals surface area contributed by atoms with Crippen molar-refractivity contribution < 1.29 is 0 Å². The standard InChI is InChI=1S/C15H16N6/c1-11(2)7-18-8-12-3-4-15(19-9-12)21-10-20-13(5-16)14(21)6-17/h3-4,9-11,18H,7-8H2,1-2H3. The van der Waals surface area contributed by atoms with E-state index < -0.39 is 0 Å². The van der Waals surface area contributed by atoms with Crippen molar-refractivity contribution >= 4 is 0 Å². The molecule has 0 unspecified atom stereocenters. The molecule has 2 rings (SSSR count). The Bertz CT molecular complexity index is 684. The van der Waals surface area contributed by atoms with Crippen LogP contribution in [0.1, 0.15) is 30.8 Å². The molecule has 2 heterocycles. The molecule has 0 saturated heterocycles. The number of imidazole rings is 1. The lowest BCUT2D eigenvalue weighted by atomic mass is 10.2. The van der Waals surface area contributed by atoms with E-state index in [9.17, 15) is 0 Å². The van der Waals surface area contributed by atoms with Crippen LogP contribution in [-0.4, -0.2) is 21.1 Å². The highest BCUT2D eigenvalue weighted by atomic mass is 15.1. The molecule has 1 N–H and O–H groups in total. The molecule has 0 aromatic carbocycles. The highest BCUT2D eigenvalue weighted by Gasteiger charge is 2.12. The summed E-state index contributed by atoms with van der Waals surface area (Å²) >= 11 is 0. The minimum absolute atomic E-state index is 0.113. The summed E-state index contributed by atoms with van der Waals surface area (Å²) in [6, 6.07) is 7.64. The first-order valence-corrected chi connectivity index (χ1v) is 6.69. The van der Waals surface area contributed by atoms with E-state index in [1.54, 1.807) is 6.20 Å². The van der Waals surface area contributed by atoms with E-state index in [2.05, 4.69) is 29.1 Å². The van der Waals surface area contributed by atoms with Gasteiger partial charge in [-0.1, -0.05) is 19.9 Å². The maximum atomic E-state index is 9.10. The second-order valence-electron chi connectivity index (χ2n) is 5.08. The van der Waals surface area contributed by atoms with E-state index in [1.165, 1.54) is 10.9 Å². The lowest BCUT2D eigenvalue weighted by molar-refractivity contribution is 0.552. The summed E-state index contributed by atoms with van der Waals surface area (Å²) in [5.74, 6) is 1.18. The van der Waals surface area contributed by atoms with Crippen LogP contribution in [0.2, 0.25) is 0 Å². The average Bonchev–Trinajstić information content (AvgIpc) is 2.90. The number of nitriles is 2. The van der Waals surface area contributed by atoms with Gasteiger partial charge < -0.3 is 5.32 Å². The third-order valence-corrected chi connectivity index (χ3v) is 2.92. The topological polar surface area (TPSA) is 90.3 Å². The van der Waals surface area contributed by atoms with Crippen LogP contribution in [-0.2, 0) is 6.54 Å². The third-order valence-electron chi connectivity index (χ3n) is 2.92. The highest BCUT2D eigenvalue weighted by molar-refractivity contribution is 5.41. The van der Waals surface area contributed by atoms with Crippen molar-refractivity contribution in [3.8, 4) is 18.0 Å². The molecule has 0 aliphatic rings. The van der Waals surface area contributed by atoms with Gasteiger partial charge in [0, 0.05) is 12.7 Å². The molecule has 0 amide bonds. The van der Waals surface area contributed by atoms with Gasteiger partial charge in [-0.3, -0.25) is 4.57 Å². The Hall–Kier alpha value is -2.70. The largest absolute Gasteiger partial charge is 0.312 e. The minimum atomic E-state index is 0.113. The van der Waals surface area contributed by atoms with Gasteiger partial charge >= 0.3 is 0 Å². The Morgan fingerprint density at radius 1 is 1.24 bits per heavy atom. The number of nitrogens with one attached hydrogen (secondary N) is 1. The number of hydrogen-bond donors (Lipinski definition) is 1. The quantitative estimate of drug-likeness (QED) is 0.901. The van der Waals surface area contributed by atoms with E-state index in [0.717, 1.165) is 18.7 Å². The molecular weight excluding hydrogens is 264 g/mol. The van der Waals surface area contributed by atoms with Crippen LogP contribution in [0.15, 0.2) is 24.7 Å². The number of aromatic nitrogens is 3. The Kier molecular flexibility index (Phi) is 4.65. The number of rotatable bonds is 5. The lowest BCUT2D eigenvalue weighted by Gasteiger charge is -2.08. The van der Waals surface area contributed by atoms with E-state index >= 15 is 0 Å². The fraction of sp³-hybridized carbons (Fsp3) is 0.333. The van der Waals surface area contributed by atoms with Gasteiger partial charge in [0.05, 0.1) is 0 Å². The van der Waals surface area contributed by atoms with Crippen LogP contribution >= 0.6 is 0 Å². The molecule has 0 aliphatic carbocycles. The fourth-order valence-corrected chi connectivity index (χ4v) is 1.88. The van der Waals surface area contributed by atoms with E-state index in [4.69, 9.17) is 10.5 Å². The number of pyridine rings is 1. The van der Waals surface area contributed by atoms with E-state index in [1.807, 2.05) is 24.3 Å². The van der Waals surface area contributed by atoms with Crippen LogP contribution in [0.25, 0.3) is 5.82 Å². The van der Waals surface area contributed by atoms with Crippen LogP contribution in [0, 0.1) is 28.6 Å². The van der Waals surface area contributed by atoms with Gasteiger partial charge in [0.25, 0.3) is 0 Å².